The molecule has 0 atom stereocenters. The third-order valence-corrected chi connectivity index (χ3v) is 1.93. The van der Waals surface area contributed by atoms with Gasteiger partial charge in [0.2, 0.25) is 0 Å². The van der Waals surface area contributed by atoms with E-state index in [0.29, 0.717) is 0 Å². The van der Waals surface area contributed by atoms with Gasteiger partial charge in [0.25, 0.3) is 0 Å². The third-order valence-electron chi connectivity index (χ3n) is 1.93. The number of hydrogen-bond donors (Lipinski definition) is 0. The fourth-order valence-electron chi connectivity index (χ4n) is 1.29. The molecule has 0 saturated carbocycles. The quantitative estimate of drug-likeness (QED) is 0.609. The van der Waals surface area contributed by atoms with Gasteiger partial charge < -0.3 is 0 Å². The molecule has 0 aliphatic carbocycles. The van der Waals surface area contributed by atoms with Crippen molar-refractivity contribution in [3.63, 3.8) is 0 Å². The number of hydrogen-bond acceptors (Lipinski definition) is 3. The second kappa shape index (κ2) is 2.52. The van der Waals surface area contributed by atoms with Crippen LogP contribution in [0.3, 0.4) is 0 Å². The van der Waals surface area contributed by atoms with Gasteiger partial charge in [-0.2, -0.15) is 0 Å². The van der Waals surface area contributed by atoms with Crippen molar-refractivity contribution >= 4 is 5.65 Å². The van der Waals surface area contributed by atoms with Gasteiger partial charge in [0.1, 0.15) is 6.33 Å². The monoisotopic (exact) mass is 176 g/mol. The molecule has 4 nitrogen and oxygen atoms in total. The molecular formula is C9H12N4. The van der Waals surface area contributed by atoms with Crippen LogP contribution in [0.5, 0.6) is 0 Å². The van der Waals surface area contributed by atoms with Gasteiger partial charge in [-0.1, -0.05) is 20.8 Å². The van der Waals surface area contributed by atoms with E-state index < -0.39 is 0 Å². The van der Waals surface area contributed by atoms with Crippen molar-refractivity contribution in [3.05, 3.63) is 24.4 Å². The second-order valence-electron chi connectivity index (χ2n) is 4.09. The van der Waals surface area contributed by atoms with Gasteiger partial charge in [0, 0.05) is 17.8 Å². The van der Waals surface area contributed by atoms with Gasteiger partial charge in [-0.25, -0.2) is 0 Å². The Morgan fingerprint density at radius 1 is 1.31 bits per heavy atom. The van der Waals surface area contributed by atoms with Crippen LogP contribution in [0.2, 0.25) is 0 Å². The van der Waals surface area contributed by atoms with Gasteiger partial charge in [0.05, 0.1) is 5.69 Å². The van der Waals surface area contributed by atoms with Crippen LogP contribution < -0.4 is 0 Å². The maximum Gasteiger partial charge on any atom is 0.182 e. The molecule has 0 unspecified atom stereocenters. The summed E-state index contributed by atoms with van der Waals surface area (Å²) in [7, 11) is 0. The smallest absolute Gasteiger partial charge is 0.182 e. The zero-order chi connectivity index (χ0) is 9.47. The molecule has 0 N–H and O–H groups in total. The van der Waals surface area contributed by atoms with Crippen molar-refractivity contribution in [1.29, 1.82) is 0 Å². The van der Waals surface area contributed by atoms with Crippen molar-refractivity contribution in [1.82, 2.24) is 19.6 Å². The molecule has 2 aromatic heterocycles. The van der Waals surface area contributed by atoms with E-state index >= 15 is 0 Å². The summed E-state index contributed by atoms with van der Waals surface area (Å²) in [6, 6.07) is 0. The summed E-state index contributed by atoms with van der Waals surface area (Å²) in [4.78, 5) is 4.33. The fraction of sp³-hybridized carbons (Fsp3) is 0.444. The lowest BCUT2D eigenvalue weighted by molar-refractivity contribution is 0.570. The molecule has 0 saturated heterocycles. The number of fused-ring (bicyclic) bond motifs is 1. The minimum Gasteiger partial charge on any atom is -0.286 e. The summed E-state index contributed by atoms with van der Waals surface area (Å²) >= 11 is 0. The molecule has 0 fully saturated rings. The molecular weight excluding hydrogens is 164 g/mol. The van der Waals surface area contributed by atoms with Gasteiger partial charge in [0.15, 0.2) is 5.65 Å². The Bertz CT molecular complexity index is 424. The first kappa shape index (κ1) is 8.16. The first-order valence-electron chi connectivity index (χ1n) is 4.24. The predicted molar refractivity (Wildman–Crippen MR) is 49.5 cm³/mol. The molecule has 0 aliphatic rings. The van der Waals surface area contributed by atoms with E-state index in [2.05, 4.69) is 36.0 Å². The summed E-state index contributed by atoms with van der Waals surface area (Å²) in [6.45, 7) is 6.35. The van der Waals surface area contributed by atoms with E-state index in [9.17, 15) is 0 Å². The standard InChI is InChI=1S/C9H12N4/c1-9(2,3)7-8-12-11-6-13(8)5-4-10-7/h4-6H,1-3H3. The molecule has 2 heterocycles. The highest BCUT2D eigenvalue weighted by Gasteiger charge is 2.19. The zero-order valence-corrected chi connectivity index (χ0v) is 8.02. The zero-order valence-electron chi connectivity index (χ0n) is 8.02. The molecule has 0 radical (unpaired) electrons. The van der Waals surface area contributed by atoms with Crippen LogP contribution in [0.1, 0.15) is 26.5 Å². The van der Waals surface area contributed by atoms with Crippen LogP contribution in [0, 0.1) is 0 Å². The van der Waals surface area contributed by atoms with Crippen molar-refractivity contribution in [2.75, 3.05) is 0 Å². The summed E-state index contributed by atoms with van der Waals surface area (Å²) in [5.41, 5.74) is 1.83. The van der Waals surface area contributed by atoms with E-state index in [0.717, 1.165) is 11.3 Å². The highest BCUT2D eigenvalue weighted by atomic mass is 15.2. The molecule has 68 valence electrons. The van der Waals surface area contributed by atoms with Gasteiger partial charge in [-0.05, 0) is 0 Å². The van der Waals surface area contributed by atoms with Crippen molar-refractivity contribution < 1.29 is 0 Å². The molecule has 0 spiro atoms. The van der Waals surface area contributed by atoms with E-state index in [1.807, 2.05) is 10.6 Å². The lowest BCUT2D eigenvalue weighted by atomic mass is 9.92. The van der Waals surface area contributed by atoms with Gasteiger partial charge >= 0.3 is 0 Å². The first-order valence-corrected chi connectivity index (χ1v) is 4.24. The molecule has 13 heavy (non-hydrogen) atoms. The highest BCUT2D eigenvalue weighted by Crippen LogP contribution is 2.22. The Labute approximate surface area is 76.6 Å². The fourth-order valence-corrected chi connectivity index (χ4v) is 1.29. The molecule has 2 aromatic rings. The van der Waals surface area contributed by atoms with E-state index in [1.54, 1.807) is 12.5 Å². The summed E-state index contributed by atoms with van der Waals surface area (Å²) in [6.07, 6.45) is 5.31. The van der Waals surface area contributed by atoms with Crippen LogP contribution in [-0.2, 0) is 5.41 Å². The average molecular weight is 176 g/mol. The van der Waals surface area contributed by atoms with Crippen LogP contribution in [-0.4, -0.2) is 19.6 Å². The van der Waals surface area contributed by atoms with Crippen molar-refractivity contribution in [3.8, 4) is 0 Å². The van der Waals surface area contributed by atoms with Crippen LogP contribution in [0.4, 0.5) is 0 Å². The van der Waals surface area contributed by atoms with Crippen LogP contribution in [0.25, 0.3) is 5.65 Å². The molecule has 0 amide bonds. The van der Waals surface area contributed by atoms with Crippen LogP contribution >= 0.6 is 0 Å². The largest absolute Gasteiger partial charge is 0.286 e. The second-order valence-corrected chi connectivity index (χ2v) is 4.09. The lowest BCUT2D eigenvalue weighted by Gasteiger charge is -2.17. The number of aromatic nitrogens is 4. The molecule has 0 bridgehead atoms. The first-order chi connectivity index (χ1) is 6.09. The molecule has 2 rings (SSSR count). The number of nitrogens with zero attached hydrogens (tertiary/aromatic N) is 4. The normalized spacial score (nSPS) is 12.2. The maximum absolute atomic E-state index is 4.33. The predicted octanol–water partition coefficient (Wildman–Crippen LogP) is 1.42. The summed E-state index contributed by atoms with van der Waals surface area (Å²) in [5.74, 6) is 0. The van der Waals surface area contributed by atoms with Crippen LogP contribution in [0.15, 0.2) is 18.7 Å². The minimum absolute atomic E-state index is 0.00947. The highest BCUT2D eigenvalue weighted by molar-refractivity contribution is 5.45. The van der Waals surface area contributed by atoms with Crippen molar-refractivity contribution in [2.45, 2.75) is 26.2 Å². The van der Waals surface area contributed by atoms with Gasteiger partial charge in [-0.15, -0.1) is 10.2 Å². The average Bonchev–Trinajstić information content (AvgIpc) is 2.48. The van der Waals surface area contributed by atoms with E-state index in [-0.39, 0.29) is 5.41 Å². The topological polar surface area (TPSA) is 43.1 Å². The Kier molecular flexibility index (Phi) is 1.58. The molecule has 4 heteroatoms. The molecule has 0 aliphatic heterocycles. The van der Waals surface area contributed by atoms with Gasteiger partial charge in [-0.3, -0.25) is 9.38 Å². The summed E-state index contributed by atoms with van der Waals surface area (Å²) in [5, 5.41) is 7.88. The Morgan fingerprint density at radius 2 is 2.08 bits per heavy atom. The Hall–Kier alpha value is -1.45. The Balaban J connectivity index is 2.75. The van der Waals surface area contributed by atoms with Crippen molar-refractivity contribution in [2.24, 2.45) is 0 Å². The third kappa shape index (κ3) is 1.28. The minimum atomic E-state index is 0.00947. The number of rotatable bonds is 0. The van der Waals surface area contributed by atoms with E-state index in [4.69, 9.17) is 0 Å². The lowest BCUT2D eigenvalue weighted by Crippen LogP contribution is -2.15. The maximum atomic E-state index is 4.33. The Morgan fingerprint density at radius 3 is 2.77 bits per heavy atom. The summed E-state index contributed by atoms with van der Waals surface area (Å²) < 4.78 is 1.88. The molecule has 0 aromatic carbocycles. The SMILES string of the molecule is CC(C)(C)c1nccn2cnnc12. The van der Waals surface area contributed by atoms with E-state index in [1.165, 1.54) is 0 Å².